The molecule has 1 saturated heterocycles. The largest absolute Gasteiger partial charge is 0.490 e. The van der Waals surface area contributed by atoms with Gasteiger partial charge >= 0.3 is 6.03 Å². The number of rotatable bonds is 11. The van der Waals surface area contributed by atoms with Gasteiger partial charge in [-0.25, -0.2) is 9.69 Å². The zero-order valence-corrected chi connectivity index (χ0v) is 24.2. The van der Waals surface area contributed by atoms with Gasteiger partial charge in [0.15, 0.2) is 11.5 Å². The quantitative estimate of drug-likeness (QED) is 0.152. The van der Waals surface area contributed by atoms with Crippen molar-refractivity contribution in [1.29, 1.82) is 0 Å². The topological polar surface area (TPSA) is 94.2 Å². The van der Waals surface area contributed by atoms with Crippen molar-refractivity contribution in [1.82, 2.24) is 5.32 Å². The van der Waals surface area contributed by atoms with Crippen molar-refractivity contribution in [3.8, 4) is 17.2 Å². The number of para-hydroxylation sites is 1. The Hall–Kier alpha value is -4.11. The van der Waals surface area contributed by atoms with Crippen molar-refractivity contribution in [2.24, 2.45) is 0 Å². The van der Waals surface area contributed by atoms with E-state index in [9.17, 15) is 14.4 Å². The molecule has 0 bridgehead atoms. The summed E-state index contributed by atoms with van der Waals surface area (Å²) >= 11 is 3.33. The molecule has 208 valence electrons. The van der Waals surface area contributed by atoms with Gasteiger partial charge in [0.05, 0.1) is 12.3 Å². The van der Waals surface area contributed by atoms with Crippen molar-refractivity contribution >= 4 is 45.5 Å². The molecule has 1 N–H and O–H groups in total. The number of carbonyl (C=O) groups excluding carboxylic acids is 3. The summed E-state index contributed by atoms with van der Waals surface area (Å²) in [7, 11) is 0. The Bertz CT molecular complexity index is 1420. The first-order chi connectivity index (χ1) is 19.3. The number of benzene rings is 3. The lowest BCUT2D eigenvalue weighted by atomic mass is 9.98. The molecule has 0 unspecified atom stereocenters. The summed E-state index contributed by atoms with van der Waals surface area (Å²) in [6, 6.07) is 19.0. The summed E-state index contributed by atoms with van der Waals surface area (Å²) in [6.45, 7) is 7.20. The van der Waals surface area contributed by atoms with E-state index < -0.39 is 17.8 Å². The standard InChI is InChI=1S/C31H31BrN2O6/c1-4-20(3)24-8-6-7-9-26(24)39-16-17-40-27-15-10-21(19-28(27)38-5-2)18-25-29(35)33-31(37)34(30(25)36)23-13-11-22(32)12-14-23/h6-15,18-20H,4-5,16-17H2,1-3H3,(H,33,35,37)/b25-18+/t20-/m1/s1. The summed E-state index contributed by atoms with van der Waals surface area (Å²) in [4.78, 5) is 39.1. The van der Waals surface area contributed by atoms with E-state index in [4.69, 9.17) is 14.2 Å². The highest BCUT2D eigenvalue weighted by molar-refractivity contribution is 9.10. The third-order valence-electron chi connectivity index (χ3n) is 6.43. The van der Waals surface area contributed by atoms with E-state index in [-0.39, 0.29) is 5.57 Å². The van der Waals surface area contributed by atoms with Crippen LogP contribution < -0.4 is 24.4 Å². The first kappa shape index (κ1) is 28.9. The van der Waals surface area contributed by atoms with Crippen LogP contribution >= 0.6 is 15.9 Å². The predicted octanol–water partition coefficient (Wildman–Crippen LogP) is 6.49. The number of halogens is 1. The van der Waals surface area contributed by atoms with Crippen LogP contribution in [0.3, 0.4) is 0 Å². The molecule has 40 heavy (non-hydrogen) atoms. The summed E-state index contributed by atoms with van der Waals surface area (Å²) in [5, 5.41) is 2.23. The van der Waals surface area contributed by atoms with Crippen molar-refractivity contribution in [2.75, 3.05) is 24.7 Å². The molecule has 3 aromatic carbocycles. The van der Waals surface area contributed by atoms with Gasteiger partial charge in [0, 0.05) is 4.47 Å². The molecule has 1 heterocycles. The van der Waals surface area contributed by atoms with E-state index in [1.807, 2.05) is 25.1 Å². The molecule has 3 aromatic rings. The van der Waals surface area contributed by atoms with Gasteiger partial charge in [-0.1, -0.05) is 54.0 Å². The number of nitrogens with one attached hydrogen (secondary N) is 1. The van der Waals surface area contributed by atoms with Gasteiger partial charge in [-0.3, -0.25) is 14.9 Å². The minimum absolute atomic E-state index is 0.174. The molecule has 1 aliphatic heterocycles. The number of amides is 4. The fourth-order valence-electron chi connectivity index (χ4n) is 4.19. The molecule has 1 atom stereocenters. The average Bonchev–Trinajstić information content (AvgIpc) is 2.95. The maximum Gasteiger partial charge on any atom is 0.335 e. The van der Waals surface area contributed by atoms with Gasteiger partial charge in [-0.15, -0.1) is 0 Å². The second-order valence-electron chi connectivity index (χ2n) is 9.12. The van der Waals surface area contributed by atoms with Gasteiger partial charge in [0.25, 0.3) is 11.8 Å². The van der Waals surface area contributed by atoms with E-state index in [0.29, 0.717) is 48.5 Å². The van der Waals surface area contributed by atoms with E-state index in [1.54, 1.807) is 42.5 Å². The maximum absolute atomic E-state index is 13.2. The number of anilines is 1. The molecular formula is C31H31BrN2O6. The molecule has 0 radical (unpaired) electrons. The zero-order valence-electron chi connectivity index (χ0n) is 22.6. The lowest BCUT2D eigenvalue weighted by molar-refractivity contribution is -0.122. The number of hydrogen-bond donors (Lipinski definition) is 1. The monoisotopic (exact) mass is 606 g/mol. The first-order valence-electron chi connectivity index (χ1n) is 13.1. The van der Waals surface area contributed by atoms with Crippen molar-refractivity contribution in [2.45, 2.75) is 33.1 Å². The minimum Gasteiger partial charge on any atom is -0.490 e. The summed E-state index contributed by atoms with van der Waals surface area (Å²) < 4.78 is 18.5. The third-order valence-corrected chi connectivity index (χ3v) is 6.95. The molecule has 0 saturated carbocycles. The highest BCUT2D eigenvalue weighted by Gasteiger charge is 2.36. The van der Waals surface area contributed by atoms with Crippen LogP contribution in [0, 0.1) is 0 Å². The Morgan fingerprint density at radius 1 is 0.875 bits per heavy atom. The highest BCUT2D eigenvalue weighted by atomic mass is 79.9. The molecular weight excluding hydrogens is 576 g/mol. The van der Waals surface area contributed by atoms with Gasteiger partial charge in [0.1, 0.15) is 24.5 Å². The number of urea groups is 1. The second kappa shape index (κ2) is 13.3. The van der Waals surface area contributed by atoms with Crippen molar-refractivity contribution in [3.05, 3.63) is 87.9 Å². The van der Waals surface area contributed by atoms with Crippen LogP contribution in [0.15, 0.2) is 76.8 Å². The molecule has 4 rings (SSSR count). The number of ether oxygens (including phenoxy) is 3. The van der Waals surface area contributed by atoms with Crippen molar-refractivity contribution < 1.29 is 28.6 Å². The molecule has 1 aliphatic rings. The van der Waals surface area contributed by atoms with E-state index in [2.05, 4.69) is 41.2 Å². The van der Waals surface area contributed by atoms with Gasteiger partial charge < -0.3 is 14.2 Å². The van der Waals surface area contributed by atoms with Crippen LogP contribution in [0.5, 0.6) is 17.2 Å². The number of barbiturate groups is 1. The fraction of sp³-hybridized carbons (Fsp3) is 0.258. The Balaban J connectivity index is 1.48. The predicted molar refractivity (Wildman–Crippen MR) is 157 cm³/mol. The molecule has 0 aromatic heterocycles. The number of carbonyl (C=O) groups is 3. The van der Waals surface area contributed by atoms with Crippen LogP contribution in [-0.4, -0.2) is 37.7 Å². The minimum atomic E-state index is -0.804. The smallest absolute Gasteiger partial charge is 0.335 e. The zero-order chi connectivity index (χ0) is 28.6. The van der Waals surface area contributed by atoms with Crippen LogP contribution in [0.25, 0.3) is 6.08 Å². The Morgan fingerprint density at radius 2 is 1.57 bits per heavy atom. The molecule has 9 heteroatoms. The van der Waals surface area contributed by atoms with Crippen LogP contribution in [0.2, 0.25) is 0 Å². The second-order valence-corrected chi connectivity index (χ2v) is 10.0. The highest BCUT2D eigenvalue weighted by Crippen LogP contribution is 2.31. The summed E-state index contributed by atoms with van der Waals surface area (Å²) in [5.41, 5.74) is 1.88. The summed E-state index contributed by atoms with van der Waals surface area (Å²) in [5.74, 6) is 0.719. The third kappa shape index (κ3) is 6.71. The van der Waals surface area contributed by atoms with Gasteiger partial charge in [-0.05, 0) is 78.9 Å². The first-order valence-corrected chi connectivity index (χ1v) is 13.9. The van der Waals surface area contributed by atoms with E-state index in [0.717, 1.165) is 21.5 Å². The lowest BCUT2D eigenvalue weighted by Gasteiger charge is -2.26. The number of hydrogen-bond acceptors (Lipinski definition) is 6. The van der Waals surface area contributed by atoms with Crippen LogP contribution in [0.1, 0.15) is 44.2 Å². The van der Waals surface area contributed by atoms with Crippen LogP contribution in [0.4, 0.5) is 10.5 Å². The Morgan fingerprint density at radius 3 is 2.27 bits per heavy atom. The molecule has 0 aliphatic carbocycles. The van der Waals surface area contributed by atoms with Gasteiger partial charge in [0.2, 0.25) is 0 Å². The van der Waals surface area contributed by atoms with Gasteiger partial charge in [-0.2, -0.15) is 0 Å². The molecule has 0 spiro atoms. The van der Waals surface area contributed by atoms with Crippen LogP contribution in [-0.2, 0) is 9.59 Å². The number of imide groups is 2. The lowest BCUT2D eigenvalue weighted by Crippen LogP contribution is -2.54. The van der Waals surface area contributed by atoms with Crippen molar-refractivity contribution in [3.63, 3.8) is 0 Å². The molecule has 4 amide bonds. The van der Waals surface area contributed by atoms with E-state index in [1.165, 1.54) is 11.6 Å². The fourth-order valence-corrected chi connectivity index (χ4v) is 4.46. The Labute approximate surface area is 242 Å². The SMILES string of the molecule is CCOc1cc(/C=C2\C(=O)NC(=O)N(c3ccc(Br)cc3)C2=O)ccc1OCCOc1ccccc1[C@H](C)CC. The normalized spacial score (nSPS) is 15.2. The average molecular weight is 608 g/mol. The maximum atomic E-state index is 13.2. The Kier molecular flexibility index (Phi) is 9.60. The molecule has 8 nitrogen and oxygen atoms in total. The summed E-state index contributed by atoms with van der Waals surface area (Å²) in [6.07, 6.45) is 2.44. The number of nitrogens with zero attached hydrogens (tertiary/aromatic N) is 1. The molecule has 1 fully saturated rings. The van der Waals surface area contributed by atoms with E-state index >= 15 is 0 Å².